The third kappa shape index (κ3) is 2.07. The number of benzene rings is 1. The number of rotatable bonds is 2. The van der Waals surface area contributed by atoms with Crippen LogP contribution in [-0.4, -0.2) is 19.0 Å². The van der Waals surface area contributed by atoms with Gasteiger partial charge >= 0.3 is 0 Å². The van der Waals surface area contributed by atoms with E-state index in [4.69, 9.17) is 6.42 Å². The van der Waals surface area contributed by atoms with E-state index in [1.807, 2.05) is 24.3 Å². The van der Waals surface area contributed by atoms with Crippen LogP contribution in [0.3, 0.4) is 0 Å². The molecule has 2 rings (SSSR count). The molecular formula is C13H14N2O. The normalized spacial score (nSPS) is 15.2. The molecule has 1 N–H and O–H groups in total. The Balaban J connectivity index is 2.33. The highest BCUT2D eigenvalue weighted by atomic mass is 16.2. The number of hydrogen-bond donors (Lipinski definition) is 1. The Kier molecular flexibility index (Phi) is 3.23. The van der Waals surface area contributed by atoms with Gasteiger partial charge in [-0.05, 0) is 11.6 Å². The highest BCUT2D eigenvalue weighted by Gasteiger charge is 2.20. The minimum absolute atomic E-state index is 0.0835. The van der Waals surface area contributed by atoms with Gasteiger partial charge in [0.15, 0.2) is 0 Å². The summed E-state index contributed by atoms with van der Waals surface area (Å²) in [5.74, 6) is 2.66. The topological polar surface area (TPSA) is 32.3 Å². The average molecular weight is 214 g/mol. The van der Waals surface area contributed by atoms with E-state index in [1.54, 1.807) is 4.90 Å². The first kappa shape index (κ1) is 10.7. The summed E-state index contributed by atoms with van der Waals surface area (Å²) in [5.41, 5.74) is 2.12. The summed E-state index contributed by atoms with van der Waals surface area (Å²) >= 11 is 0. The lowest BCUT2D eigenvalue weighted by atomic mass is 10.1. The van der Waals surface area contributed by atoms with Crippen LogP contribution in [0.2, 0.25) is 0 Å². The van der Waals surface area contributed by atoms with Crippen molar-refractivity contribution in [3.63, 3.8) is 0 Å². The van der Waals surface area contributed by atoms with E-state index in [1.165, 1.54) is 0 Å². The van der Waals surface area contributed by atoms with Crippen molar-refractivity contribution in [1.82, 2.24) is 5.32 Å². The Morgan fingerprint density at radius 3 is 3.00 bits per heavy atom. The molecule has 0 aromatic heterocycles. The van der Waals surface area contributed by atoms with Gasteiger partial charge in [0.2, 0.25) is 5.91 Å². The van der Waals surface area contributed by atoms with E-state index >= 15 is 0 Å². The van der Waals surface area contributed by atoms with Gasteiger partial charge in [-0.1, -0.05) is 18.2 Å². The van der Waals surface area contributed by atoms with Gasteiger partial charge in [-0.2, -0.15) is 0 Å². The van der Waals surface area contributed by atoms with E-state index in [0.29, 0.717) is 19.5 Å². The molecule has 3 heteroatoms. The molecule has 0 fully saturated rings. The molecule has 1 aliphatic rings. The predicted molar refractivity (Wildman–Crippen MR) is 64.0 cm³/mol. The van der Waals surface area contributed by atoms with Crippen molar-refractivity contribution >= 4 is 11.6 Å². The Labute approximate surface area is 95.5 Å². The fourth-order valence-electron chi connectivity index (χ4n) is 1.88. The van der Waals surface area contributed by atoms with Crippen LogP contribution in [0, 0.1) is 12.3 Å². The number of amides is 1. The Morgan fingerprint density at radius 1 is 1.38 bits per heavy atom. The average Bonchev–Trinajstić information content (AvgIpc) is 2.46. The molecule has 0 spiro atoms. The van der Waals surface area contributed by atoms with Gasteiger partial charge in [-0.25, -0.2) is 0 Å². The van der Waals surface area contributed by atoms with Crippen LogP contribution in [0.15, 0.2) is 24.3 Å². The van der Waals surface area contributed by atoms with Crippen molar-refractivity contribution in [3.8, 4) is 12.3 Å². The summed E-state index contributed by atoms with van der Waals surface area (Å²) in [6.07, 6.45) is 5.83. The molecule has 0 bridgehead atoms. The fraction of sp³-hybridized carbons (Fsp3) is 0.308. The molecule has 0 saturated heterocycles. The summed E-state index contributed by atoms with van der Waals surface area (Å²) in [4.78, 5) is 13.7. The molecule has 0 unspecified atom stereocenters. The Bertz CT molecular complexity index is 434. The maximum absolute atomic E-state index is 11.9. The van der Waals surface area contributed by atoms with Gasteiger partial charge in [-0.3, -0.25) is 4.79 Å². The van der Waals surface area contributed by atoms with Gasteiger partial charge in [0, 0.05) is 25.2 Å². The lowest BCUT2D eigenvalue weighted by Crippen LogP contribution is -2.36. The van der Waals surface area contributed by atoms with Gasteiger partial charge in [0.25, 0.3) is 0 Å². The molecule has 1 amide bonds. The number of carbonyl (C=O) groups excluding carboxylic acids is 1. The zero-order valence-corrected chi connectivity index (χ0v) is 9.07. The zero-order valence-electron chi connectivity index (χ0n) is 9.07. The minimum Gasteiger partial charge on any atom is -0.310 e. The first-order valence-corrected chi connectivity index (χ1v) is 5.35. The molecule has 0 aliphatic carbocycles. The third-order valence-electron chi connectivity index (χ3n) is 2.65. The second-order valence-electron chi connectivity index (χ2n) is 3.73. The van der Waals surface area contributed by atoms with E-state index in [-0.39, 0.29) is 5.91 Å². The van der Waals surface area contributed by atoms with Crippen molar-refractivity contribution in [2.45, 2.75) is 13.0 Å². The van der Waals surface area contributed by atoms with Gasteiger partial charge in [0.1, 0.15) is 0 Å². The number of terminal acetylenes is 1. The number of nitrogens with one attached hydrogen (secondary N) is 1. The number of hydrogen-bond acceptors (Lipinski definition) is 2. The number of para-hydroxylation sites is 1. The summed E-state index contributed by atoms with van der Waals surface area (Å²) in [7, 11) is 0. The van der Waals surface area contributed by atoms with E-state index in [9.17, 15) is 4.79 Å². The fourth-order valence-corrected chi connectivity index (χ4v) is 1.88. The molecule has 16 heavy (non-hydrogen) atoms. The smallest absolute Gasteiger partial charge is 0.240 e. The van der Waals surface area contributed by atoms with Crippen LogP contribution in [0.1, 0.15) is 12.0 Å². The van der Waals surface area contributed by atoms with Crippen molar-refractivity contribution < 1.29 is 4.79 Å². The van der Waals surface area contributed by atoms with Crippen molar-refractivity contribution in [2.24, 2.45) is 0 Å². The van der Waals surface area contributed by atoms with Crippen molar-refractivity contribution in [1.29, 1.82) is 0 Å². The lowest BCUT2D eigenvalue weighted by molar-refractivity contribution is -0.117. The second-order valence-corrected chi connectivity index (χ2v) is 3.73. The summed E-state index contributed by atoms with van der Waals surface area (Å²) in [6, 6.07) is 7.93. The number of anilines is 1. The quantitative estimate of drug-likeness (QED) is 0.749. The highest BCUT2D eigenvalue weighted by molar-refractivity contribution is 5.96. The van der Waals surface area contributed by atoms with E-state index in [0.717, 1.165) is 17.8 Å². The maximum atomic E-state index is 11.9. The first-order chi connectivity index (χ1) is 7.83. The predicted octanol–water partition coefficient (Wildman–Crippen LogP) is 1.15. The lowest BCUT2D eigenvalue weighted by Gasteiger charge is -2.21. The highest BCUT2D eigenvalue weighted by Crippen LogP contribution is 2.22. The minimum atomic E-state index is 0.0835. The largest absolute Gasteiger partial charge is 0.310 e. The van der Waals surface area contributed by atoms with Crippen molar-refractivity contribution in [2.75, 3.05) is 18.0 Å². The van der Waals surface area contributed by atoms with Crippen LogP contribution in [0.4, 0.5) is 5.69 Å². The molecule has 0 radical (unpaired) electrons. The second kappa shape index (κ2) is 4.82. The zero-order chi connectivity index (χ0) is 11.4. The van der Waals surface area contributed by atoms with Crippen LogP contribution >= 0.6 is 0 Å². The van der Waals surface area contributed by atoms with Crippen LogP contribution < -0.4 is 10.2 Å². The molecule has 0 atom stereocenters. The van der Waals surface area contributed by atoms with Gasteiger partial charge < -0.3 is 10.2 Å². The Morgan fingerprint density at radius 2 is 2.19 bits per heavy atom. The molecule has 1 aromatic rings. The number of fused-ring (bicyclic) bond motifs is 1. The van der Waals surface area contributed by atoms with E-state index in [2.05, 4.69) is 11.2 Å². The van der Waals surface area contributed by atoms with Gasteiger partial charge in [0.05, 0.1) is 6.54 Å². The van der Waals surface area contributed by atoms with Crippen LogP contribution in [0.25, 0.3) is 0 Å². The molecule has 82 valence electrons. The molecular weight excluding hydrogens is 200 g/mol. The monoisotopic (exact) mass is 214 g/mol. The van der Waals surface area contributed by atoms with Crippen LogP contribution in [0.5, 0.6) is 0 Å². The molecule has 0 saturated carbocycles. The van der Waals surface area contributed by atoms with E-state index < -0.39 is 0 Å². The summed E-state index contributed by atoms with van der Waals surface area (Å²) < 4.78 is 0. The standard InChI is InChI=1S/C13H14N2O/c1-2-3-8-15-12-7-5-4-6-11(12)9-14-10-13(15)16/h1,4-7,14H,3,8-10H2. The first-order valence-electron chi connectivity index (χ1n) is 5.35. The molecule has 1 aliphatic heterocycles. The summed E-state index contributed by atoms with van der Waals surface area (Å²) in [5, 5.41) is 3.12. The number of nitrogens with zero attached hydrogens (tertiary/aromatic N) is 1. The van der Waals surface area contributed by atoms with Crippen molar-refractivity contribution in [3.05, 3.63) is 29.8 Å². The van der Waals surface area contributed by atoms with Crippen LogP contribution in [-0.2, 0) is 11.3 Å². The molecule has 1 heterocycles. The Hall–Kier alpha value is -1.79. The third-order valence-corrected chi connectivity index (χ3v) is 2.65. The number of carbonyl (C=O) groups is 1. The van der Waals surface area contributed by atoms with Gasteiger partial charge in [-0.15, -0.1) is 12.3 Å². The summed E-state index contributed by atoms with van der Waals surface area (Å²) in [6.45, 7) is 1.70. The molecule has 3 nitrogen and oxygen atoms in total. The maximum Gasteiger partial charge on any atom is 0.240 e. The SMILES string of the molecule is C#CCCN1C(=O)CNCc2ccccc21. The molecule has 1 aromatic carbocycles.